The van der Waals surface area contributed by atoms with Gasteiger partial charge in [-0.2, -0.15) is 5.10 Å². The van der Waals surface area contributed by atoms with Crippen LogP contribution in [-0.4, -0.2) is 28.7 Å². The van der Waals surface area contributed by atoms with Crippen LogP contribution in [0.4, 0.5) is 11.4 Å². The second-order valence-corrected chi connectivity index (χ2v) is 7.60. The fraction of sp³-hybridized carbons (Fsp3) is 0.115. The molecule has 7 heteroatoms. The van der Waals surface area contributed by atoms with E-state index >= 15 is 0 Å². The van der Waals surface area contributed by atoms with Crippen LogP contribution in [-0.2, 0) is 0 Å². The third-order valence-corrected chi connectivity index (χ3v) is 5.14. The van der Waals surface area contributed by atoms with Crippen molar-refractivity contribution in [1.29, 1.82) is 0 Å². The van der Waals surface area contributed by atoms with E-state index in [9.17, 15) is 9.59 Å². The summed E-state index contributed by atoms with van der Waals surface area (Å²) in [4.78, 5) is 25.1. The Morgan fingerprint density at radius 1 is 0.758 bits per heavy atom. The number of anilines is 2. The number of carbonyl (C=O) groups is 2. The number of carbonyl (C=O) groups excluding carboxylic acids is 2. The van der Waals surface area contributed by atoms with Crippen LogP contribution in [0.1, 0.15) is 32.1 Å². The molecule has 1 aromatic heterocycles. The molecule has 7 nitrogen and oxygen atoms in total. The zero-order valence-corrected chi connectivity index (χ0v) is 18.6. The van der Waals surface area contributed by atoms with Crippen molar-refractivity contribution >= 4 is 23.2 Å². The molecule has 2 N–H and O–H groups in total. The first-order valence-electron chi connectivity index (χ1n) is 10.4. The Bertz CT molecular complexity index is 1270. The third-order valence-electron chi connectivity index (χ3n) is 5.14. The zero-order valence-electron chi connectivity index (χ0n) is 18.6. The van der Waals surface area contributed by atoms with Crippen molar-refractivity contribution in [3.63, 3.8) is 0 Å². The molecular weight excluding hydrogens is 416 g/mol. The maximum Gasteiger partial charge on any atom is 0.255 e. The fourth-order valence-corrected chi connectivity index (χ4v) is 3.43. The summed E-state index contributed by atoms with van der Waals surface area (Å²) in [5, 5.41) is 10.1. The first-order chi connectivity index (χ1) is 15.9. The van der Waals surface area contributed by atoms with Crippen LogP contribution in [0.25, 0.3) is 5.69 Å². The Morgan fingerprint density at radius 2 is 1.24 bits per heavy atom. The Kier molecular flexibility index (Phi) is 6.22. The van der Waals surface area contributed by atoms with Gasteiger partial charge >= 0.3 is 0 Å². The van der Waals surface area contributed by atoms with E-state index in [-0.39, 0.29) is 11.8 Å². The number of hydrogen-bond acceptors (Lipinski definition) is 4. The lowest BCUT2D eigenvalue weighted by atomic mass is 10.1. The number of hydrogen-bond donors (Lipinski definition) is 2. The molecule has 0 radical (unpaired) electrons. The largest absolute Gasteiger partial charge is 0.497 e. The summed E-state index contributed by atoms with van der Waals surface area (Å²) in [6.07, 6.45) is 0. The van der Waals surface area contributed by atoms with Crippen LogP contribution in [0.5, 0.6) is 5.75 Å². The molecule has 1 heterocycles. The predicted octanol–water partition coefficient (Wildman–Crippen LogP) is 5.00. The standard InChI is InChI=1S/C26H24N4O3/c1-17-16-18(2)30(29-17)23-12-6-20(7-13-23)26(32)27-21-8-4-19(5-9-21)25(31)28-22-10-14-24(33-3)15-11-22/h4-16H,1-3H3,(H,27,32)(H,28,31). The molecule has 0 aliphatic carbocycles. The van der Waals surface area contributed by atoms with Gasteiger partial charge in [0, 0.05) is 28.2 Å². The quantitative estimate of drug-likeness (QED) is 0.442. The van der Waals surface area contributed by atoms with Gasteiger partial charge in [0.15, 0.2) is 0 Å². The number of nitrogens with one attached hydrogen (secondary N) is 2. The first-order valence-corrected chi connectivity index (χ1v) is 10.4. The highest BCUT2D eigenvalue weighted by atomic mass is 16.5. The molecule has 3 aromatic carbocycles. The van der Waals surface area contributed by atoms with Crippen molar-refractivity contribution in [2.45, 2.75) is 13.8 Å². The maximum atomic E-state index is 12.6. The number of aryl methyl sites for hydroxylation is 2. The second kappa shape index (κ2) is 9.40. The molecule has 0 unspecified atom stereocenters. The van der Waals surface area contributed by atoms with E-state index in [0.29, 0.717) is 28.3 Å². The fourth-order valence-electron chi connectivity index (χ4n) is 3.43. The van der Waals surface area contributed by atoms with Gasteiger partial charge in [0.2, 0.25) is 0 Å². The predicted molar refractivity (Wildman–Crippen MR) is 128 cm³/mol. The zero-order chi connectivity index (χ0) is 23.4. The van der Waals surface area contributed by atoms with Gasteiger partial charge in [0.1, 0.15) is 5.75 Å². The lowest BCUT2D eigenvalue weighted by molar-refractivity contribution is 0.102. The average Bonchev–Trinajstić information content (AvgIpc) is 3.17. The molecule has 33 heavy (non-hydrogen) atoms. The van der Waals surface area contributed by atoms with Gasteiger partial charge in [0.05, 0.1) is 18.5 Å². The normalized spacial score (nSPS) is 10.5. The van der Waals surface area contributed by atoms with E-state index in [2.05, 4.69) is 15.7 Å². The van der Waals surface area contributed by atoms with Gasteiger partial charge in [-0.05, 0) is 92.7 Å². The first kappa shape index (κ1) is 21.8. The molecule has 4 rings (SSSR count). The molecule has 0 saturated heterocycles. The Labute approximate surface area is 192 Å². The van der Waals surface area contributed by atoms with Crippen molar-refractivity contribution in [2.24, 2.45) is 0 Å². The molecule has 0 atom stereocenters. The maximum absolute atomic E-state index is 12.6. The van der Waals surface area contributed by atoms with E-state index in [1.54, 1.807) is 67.8 Å². The molecule has 0 fully saturated rings. The third kappa shape index (κ3) is 5.10. The number of rotatable bonds is 6. The van der Waals surface area contributed by atoms with Gasteiger partial charge in [-0.15, -0.1) is 0 Å². The highest BCUT2D eigenvalue weighted by Crippen LogP contribution is 2.18. The van der Waals surface area contributed by atoms with E-state index in [1.807, 2.05) is 36.7 Å². The molecule has 0 bridgehead atoms. The summed E-state index contributed by atoms with van der Waals surface area (Å²) in [5.41, 5.74) is 5.14. The second-order valence-electron chi connectivity index (χ2n) is 7.60. The minimum absolute atomic E-state index is 0.231. The summed E-state index contributed by atoms with van der Waals surface area (Å²) >= 11 is 0. The Hall–Kier alpha value is -4.39. The lowest BCUT2D eigenvalue weighted by Gasteiger charge is -2.09. The Balaban J connectivity index is 1.38. The highest BCUT2D eigenvalue weighted by molar-refractivity contribution is 6.06. The minimum atomic E-state index is -0.238. The summed E-state index contributed by atoms with van der Waals surface area (Å²) in [6, 6.07) is 23.1. The molecule has 0 spiro atoms. The van der Waals surface area contributed by atoms with Crippen molar-refractivity contribution < 1.29 is 14.3 Å². The molecule has 0 saturated carbocycles. The van der Waals surface area contributed by atoms with E-state index in [1.165, 1.54) is 0 Å². The van der Waals surface area contributed by atoms with Crippen LogP contribution in [0.2, 0.25) is 0 Å². The van der Waals surface area contributed by atoms with Crippen LogP contribution >= 0.6 is 0 Å². The topological polar surface area (TPSA) is 85.3 Å². The highest BCUT2D eigenvalue weighted by Gasteiger charge is 2.10. The molecule has 0 aliphatic heterocycles. The number of nitrogens with zero attached hydrogens (tertiary/aromatic N) is 2. The van der Waals surface area contributed by atoms with Crippen molar-refractivity contribution in [3.05, 3.63) is 101 Å². The average molecular weight is 441 g/mol. The van der Waals surface area contributed by atoms with Crippen molar-refractivity contribution in [2.75, 3.05) is 17.7 Å². The number of ether oxygens (including phenoxy) is 1. The molecule has 2 amide bonds. The van der Waals surface area contributed by atoms with Gasteiger partial charge in [0.25, 0.3) is 11.8 Å². The minimum Gasteiger partial charge on any atom is -0.497 e. The van der Waals surface area contributed by atoms with Crippen LogP contribution in [0, 0.1) is 13.8 Å². The number of amides is 2. The number of aromatic nitrogens is 2. The molecule has 0 aliphatic rings. The number of benzene rings is 3. The summed E-state index contributed by atoms with van der Waals surface area (Å²) in [7, 11) is 1.59. The smallest absolute Gasteiger partial charge is 0.255 e. The summed E-state index contributed by atoms with van der Waals surface area (Å²) < 4.78 is 6.96. The summed E-state index contributed by atoms with van der Waals surface area (Å²) in [6.45, 7) is 3.93. The van der Waals surface area contributed by atoms with E-state index < -0.39 is 0 Å². The van der Waals surface area contributed by atoms with E-state index in [4.69, 9.17) is 4.74 Å². The van der Waals surface area contributed by atoms with Gasteiger partial charge in [-0.1, -0.05) is 0 Å². The van der Waals surface area contributed by atoms with Gasteiger partial charge in [-0.3, -0.25) is 9.59 Å². The molecule has 4 aromatic rings. The summed E-state index contributed by atoms with van der Waals surface area (Å²) in [5.74, 6) is 0.248. The monoisotopic (exact) mass is 440 g/mol. The lowest BCUT2D eigenvalue weighted by Crippen LogP contribution is -2.14. The SMILES string of the molecule is COc1ccc(NC(=O)c2ccc(NC(=O)c3ccc(-n4nc(C)cc4C)cc3)cc2)cc1. The Morgan fingerprint density at radius 3 is 1.70 bits per heavy atom. The molecular formula is C26H24N4O3. The molecule has 166 valence electrons. The van der Waals surface area contributed by atoms with Gasteiger partial charge in [-0.25, -0.2) is 4.68 Å². The number of methoxy groups -OCH3 is 1. The van der Waals surface area contributed by atoms with Crippen molar-refractivity contribution in [3.8, 4) is 11.4 Å². The van der Waals surface area contributed by atoms with Crippen LogP contribution in [0.15, 0.2) is 78.9 Å². The van der Waals surface area contributed by atoms with Crippen molar-refractivity contribution in [1.82, 2.24) is 9.78 Å². The van der Waals surface area contributed by atoms with Crippen LogP contribution < -0.4 is 15.4 Å². The van der Waals surface area contributed by atoms with E-state index in [0.717, 1.165) is 17.1 Å². The van der Waals surface area contributed by atoms with Crippen LogP contribution in [0.3, 0.4) is 0 Å². The van der Waals surface area contributed by atoms with Gasteiger partial charge < -0.3 is 15.4 Å².